The van der Waals surface area contributed by atoms with Crippen LogP contribution >= 0.6 is 0 Å². The summed E-state index contributed by atoms with van der Waals surface area (Å²) in [6.07, 6.45) is 1.16. The molecule has 13 heteroatoms. The van der Waals surface area contributed by atoms with E-state index in [0.717, 1.165) is 6.26 Å². The number of amides is 1. The highest BCUT2D eigenvalue weighted by Crippen LogP contribution is 2.40. The van der Waals surface area contributed by atoms with Crippen LogP contribution in [0.25, 0.3) is 0 Å². The van der Waals surface area contributed by atoms with Crippen molar-refractivity contribution in [2.75, 3.05) is 49.9 Å². The average Bonchev–Trinajstić information content (AvgIpc) is 3.49. The maximum absolute atomic E-state index is 13.2. The molecular formula is C27H27N5O7S. The highest BCUT2D eigenvalue weighted by Gasteiger charge is 2.37. The van der Waals surface area contributed by atoms with Crippen molar-refractivity contribution in [2.45, 2.75) is 5.92 Å². The van der Waals surface area contributed by atoms with E-state index in [2.05, 4.69) is 5.32 Å². The van der Waals surface area contributed by atoms with Gasteiger partial charge in [0, 0.05) is 30.8 Å². The van der Waals surface area contributed by atoms with Gasteiger partial charge in [-0.3, -0.25) is 24.2 Å². The number of likely N-dealkylation sites (N-methyl/N-ethyl adjacent to an activating group) is 1. The van der Waals surface area contributed by atoms with Crippen molar-refractivity contribution in [3.63, 3.8) is 0 Å². The lowest BCUT2D eigenvalue weighted by atomic mass is 9.90. The molecule has 0 fully saturated rings. The molecule has 0 aliphatic carbocycles. The van der Waals surface area contributed by atoms with Gasteiger partial charge in [-0.1, -0.05) is 0 Å². The van der Waals surface area contributed by atoms with E-state index in [1.54, 1.807) is 48.5 Å². The fourth-order valence-electron chi connectivity index (χ4n) is 4.60. The van der Waals surface area contributed by atoms with Crippen LogP contribution in [0.1, 0.15) is 17.0 Å². The predicted molar refractivity (Wildman–Crippen MR) is 150 cm³/mol. The largest absolute Gasteiger partial charge is 0.454 e. The lowest BCUT2D eigenvalue weighted by Crippen LogP contribution is -2.35. The number of hydrogen-bond donors (Lipinski definition) is 1. The molecule has 2 aliphatic rings. The monoisotopic (exact) mass is 565 g/mol. The third-order valence-corrected chi connectivity index (χ3v) is 7.75. The Balaban J connectivity index is 1.57. The summed E-state index contributed by atoms with van der Waals surface area (Å²) >= 11 is 0. The van der Waals surface area contributed by atoms with Gasteiger partial charge in [-0.05, 0) is 68.2 Å². The van der Waals surface area contributed by atoms with Crippen molar-refractivity contribution in [1.29, 1.82) is 0 Å². The van der Waals surface area contributed by atoms with Gasteiger partial charge in [-0.2, -0.15) is 0 Å². The number of ether oxygens (including phenoxy) is 2. The number of hydrogen-bond acceptors (Lipinski definition) is 9. The summed E-state index contributed by atoms with van der Waals surface area (Å²) in [7, 11) is 0.215. The molecule has 12 nitrogen and oxygen atoms in total. The van der Waals surface area contributed by atoms with Crippen LogP contribution in [0.5, 0.6) is 11.5 Å². The smallest absolute Gasteiger partial charge is 0.271 e. The van der Waals surface area contributed by atoms with Crippen LogP contribution < -0.4 is 19.1 Å². The third kappa shape index (κ3) is 5.46. The van der Waals surface area contributed by atoms with Crippen LogP contribution in [0.15, 0.2) is 65.7 Å². The van der Waals surface area contributed by atoms with E-state index in [4.69, 9.17) is 14.5 Å². The van der Waals surface area contributed by atoms with Crippen molar-refractivity contribution in [3.8, 4) is 11.5 Å². The van der Waals surface area contributed by atoms with Crippen LogP contribution in [0.2, 0.25) is 0 Å². The van der Waals surface area contributed by atoms with Gasteiger partial charge in [0.05, 0.1) is 34.0 Å². The number of nitrogens with zero attached hydrogens (tertiary/aromatic N) is 4. The van der Waals surface area contributed by atoms with Crippen LogP contribution in [-0.4, -0.2) is 70.1 Å². The van der Waals surface area contributed by atoms with Gasteiger partial charge >= 0.3 is 0 Å². The summed E-state index contributed by atoms with van der Waals surface area (Å²) in [5.41, 5.74) is 2.73. The van der Waals surface area contributed by atoms with Gasteiger partial charge in [-0.15, -0.1) is 0 Å². The summed E-state index contributed by atoms with van der Waals surface area (Å²) in [5, 5.41) is 14.0. The molecule has 2 heterocycles. The molecule has 3 aromatic carbocycles. The van der Waals surface area contributed by atoms with Crippen LogP contribution in [0.4, 0.5) is 22.7 Å². The molecule has 0 spiro atoms. The number of carbonyl (C=O) groups is 1. The van der Waals surface area contributed by atoms with E-state index in [9.17, 15) is 23.3 Å². The molecule has 2 aliphatic heterocycles. The molecule has 1 N–H and O–H groups in total. The number of nitro benzene ring substituents is 1. The number of anilines is 2. The Bertz CT molecular complexity index is 1620. The second-order valence-corrected chi connectivity index (χ2v) is 11.6. The van der Waals surface area contributed by atoms with Crippen molar-refractivity contribution < 1.29 is 27.6 Å². The van der Waals surface area contributed by atoms with Gasteiger partial charge in [0.25, 0.3) is 5.69 Å². The Morgan fingerprint density at radius 3 is 2.45 bits per heavy atom. The lowest BCUT2D eigenvalue weighted by molar-refractivity contribution is -0.384. The lowest BCUT2D eigenvalue weighted by Gasteiger charge is -2.24. The Morgan fingerprint density at radius 2 is 1.77 bits per heavy atom. The summed E-state index contributed by atoms with van der Waals surface area (Å²) in [4.78, 5) is 30.7. The zero-order valence-corrected chi connectivity index (χ0v) is 22.8. The van der Waals surface area contributed by atoms with Gasteiger partial charge in [0.15, 0.2) is 11.5 Å². The van der Waals surface area contributed by atoms with E-state index in [0.29, 0.717) is 51.9 Å². The molecule has 0 bridgehead atoms. The topological polar surface area (TPSA) is 144 Å². The quantitative estimate of drug-likeness (QED) is 0.236. The molecule has 3 aromatic rings. The Hall–Kier alpha value is -4.49. The number of rotatable bonds is 9. The third-order valence-electron chi connectivity index (χ3n) is 6.56. The highest BCUT2D eigenvalue weighted by atomic mass is 32.2. The number of sulfonamides is 1. The fourth-order valence-corrected chi connectivity index (χ4v) is 5.51. The molecule has 0 saturated carbocycles. The highest BCUT2D eigenvalue weighted by molar-refractivity contribution is 7.92. The summed E-state index contributed by atoms with van der Waals surface area (Å²) in [6.45, 7) is 0.894. The van der Waals surface area contributed by atoms with Crippen molar-refractivity contribution in [1.82, 2.24) is 4.90 Å². The normalized spacial score (nSPS) is 16.1. The summed E-state index contributed by atoms with van der Waals surface area (Å²) in [5.74, 6) is -0.163. The van der Waals surface area contributed by atoms with Gasteiger partial charge in [-0.25, -0.2) is 8.42 Å². The van der Waals surface area contributed by atoms with E-state index >= 15 is 0 Å². The van der Waals surface area contributed by atoms with E-state index in [-0.39, 0.29) is 24.9 Å². The Kier molecular flexibility index (Phi) is 7.17. The Labute approximate surface area is 231 Å². The SMILES string of the molecule is CN(C)CCN(c1ccc(N=C(c2ccc3c(c2)OCO3)C2C(=O)Nc3cc([N+](=O)[O-])ccc32)cc1)S(C)(=O)=O. The molecule has 0 radical (unpaired) electrons. The van der Waals surface area contributed by atoms with Gasteiger partial charge in [0.2, 0.25) is 22.7 Å². The number of non-ortho nitro benzene ring substituents is 1. The molecule has 1 unspecified atom stereocenters. The first-order valence-corrected chi connectivity index (χ1v) is 14.2. The van der Waals surface area contributed by atoms with Crippen LogP contribution in [-0.2, 0) is 14.8 Å². The maximum Gasteiger partial charge on any atom is 0.271 e. The standard InChI is InChI=1S/C27H27N5O7S/c1-30(2)12-13-31(40(3,36)37)19-7-5-18(6-8-19)28-26(17-4-11-23-24(14-17)39-16-38-23)25-21-10-9-20(32(34)35)15-22(21)29-27(25)33/h4-11,14-15,25H,12-13,16H2,1-3H3,(H,29,33). The molecule has 1 atom stereocenters. The predicted octanol–water partition coefficient (Wildman–Crippen LogP) is 3.51. The fraction of sp³-hybridized carbons (Fsp3) is 0.259. The molecule has 1 amide bonds. The van der Waals surface area contributed by atoms with Crippen molar-refractivity contribution in [2.24, 2.45) is 4.99 Å². The van der Waals surface area contributed by atoms with Crippen molar-refractivity contribution >= 4 is 44.4 Å². The molecule has 0 saturated heterocycles. The van der Waals surface area contributed by atoms with Gasteiger partial charge in [0.1, 0.15) is 5.92 Å². The molecule has 5 rings (SSSR count). The maximum atomic E-state index is 13.2. The molecule has 40 heavy (non-hydrogen) atoms. The number of nitrogens with one attached hydrogen (secondary N) is 1. The van der Waals surface area contributed by atoms with Crippen molar-refractivity contribution in [3.05, 3.63) is 81.9 Å². The molecule has 0 aromatic heterocycles. The number of nitro groups is 1. The zero-order chi connectivity index (χ0) is 28.6. The number of carbonyl (C=O) groups excluding carboxylic acids is 1. The second-order valence-electron chi connectivity index (χ2n) is 9.67. The number of benzene rings is 3. The second kappa shape index (κ2) is 10.6. The zero-order valence-electron chi connectivity index (χ0n) is 22.0. The Morgan fingerprint density at radius 1 is 1.05 bits per heavy atom. The summed E-state index contributed by atoms with van der Waals surface area (Å²) in [6, 6.07) is 16.2. The van der Waals surface area contributed by atoms with Crippen LogP contribution in [0.3, 0.4) is 0 Å². The average molecular weight is 566 g/mol. The summed E-state index contributed by atoms with van der Waals surface area (Å²) < 4.78 is 37.2. The van der Waals surface area contributed by atoms with Gasteiger partial charge < -0.3 is 19.7 Å². The van der Waals surface area contributed by atoms with E-state index < -0.39 is 20.9 Å². The number of fused-ring (bicyclic) bond motifs is 2. The minimum Gasteiger partial charge on any atom is -0.454 e. The minimum atomic E-state index is -3.52. The van der Waals surface area contributed by atoms with Crippen LogP contribution in [0, 0.1) is 10.1 Å². The first kappa shape index (κ1) is 27.1. The van der Waals surface area contributed by atoms with E-state index in [1.165, 1.54) is 16.4 Å². The first-order chi connectivity index (χ1) is 19.0. The molecular weight excluding hydrogens is 538 g/mol. The molecule has 208 valence electrons. The van der Waals surface area contributed by atoms with E-state index in [1.807, 2.05) is 19.0 Å². The first-order valence-electron chi connectivity index (χ1n) is 12.3. The number of aliphatic imine (C=N–C) groups is 1. The minimum absolute atomic E-state index is 0.0772.